The van der Waals surface area contributed by atoms with Crippen LogP contribution in [0.25, 0.3) is 0 Å². The van der Waals surface area contributed by atoms with Gasteiger partial charge in [-0.1, -0.05) is 6.92 Å². The van der Waals surface area contributed by atoms with Crippen molar-refractivity contribution in [2.24, 2.45) is 0 Å². The normalized spacial score (nSPS) is 33.6. The summed E-state index contributed by atoms with van der Waals surface area (Å²) in [4.78, 5) is 0. The third kappa shape index (κ3) is 3.93. The van der Waals surface area contributed by atoms with Crippen molar-refractivity contribution >= 4 is 8.53 Å². The molecular weight excluding hydrogens is 327 g/mol. The van der Waals surface area contributed by atoms with E-state index >= 15 is 0 Å². The van der Waals surface area contributed by atoms with Crippen molar-refractivity contribution in [3.63, 3.8) is 0 Å². The molecule has 0 aromatic rings. The molecule has 7 heteroatoms. The van der Waals surface area contributed by atoms with Crippen LogP contribution in [0.15, 0.2) is 0 Å². The first kappa shape index (κ1) is 20.0. The summed E-state index contributed by atoms with van der Waals surface area (Å²) < 4.78 is 26.9. The summed E-state index contributed by atoms with van der Waals surface area (Å²) in [6, 6.07) is 2.70. The summed E-state index contributed by atoms with van der Waals surface area (Å²) in [7, 11) is -1.27. The Balaban J connectivity index is 2.17. The van der Waals surface area contributed by atoms with Crippen LogP contribution in [0.1, 0.15) is 54.4 Å². The maximum absolute atomic E-state index is 8.81. The van der Waals surface area contributed by atoms with Gasteiger partial charge in [-0.3, -0.25) is 0 Å². The van der Waals surface area contributed by atoms with Gasteiger partial charge in [0.2, 0.25) is 0 Å². The molecule has 2 fully saturated rings. The van der Waals surface area contributed by atoms with E-state index in [-0.39, 0.29) is 36.0 Å². The van der Waals surface area contributed by atoms with Crippen molar-refractivity contribution in [3.8, 4) is 6.07 Å². The summed E-state index contributed by atoms with van der Waals surface area (Å²) in [6.07, 6.45) is 1.08. The Kier molecular flexibility index (Phi) is 7.01. The molecule has 24 heavy (non-hydrogen) atoms. The Labute approximate surface area is 147 Å². The first-order valence-corrected chi connectivity index (χ1v) is 10.0. The van der Waals surface area contributed by atoms with Gasteiger partial charge in [0.15, 0.2) is 0 Å². The van der Waals surface area contributed by atoms with Crippen molar-refractivity contribution in [1.29, 1.82) is 5.26 Å². The highest BCUT2D eigenvalue weighted by Crippen LogP contribution is 2.54. The minimum atomic E-state index is -1.27. The maximum Gasteiger partial charge on any atom is 0.259 e. The molecule has 2 heterocycles. The number of fused-ring (bicyclic) bond motifs is 2. The molecular formula is C17H31N2O4P. The minimum Gasteiger partial charge on any atom is -0.370 e. The van der Waals surface area contributed by atoms with Crippen LogP contribution in [-0.2, 0) is 18.5 Å². The fraction of sp³-hybridized carbons (Fsp3) is 0.941. The summed E-state index contributed by atoms with van der Waals surface area (Å²) >= 11 is 0. The van der Waals surface area contributed by atoms with Crippen LogP contribution in [0.4, 0.5) is 0 Å². The van der Waals surface area contributed by atoms with Crippen LogP contribution in [0.3, 0.4) is 0 Å². The first-order valence-electron chi connectivity index (χ1n) is 8.90. The second-order valence-electron chi connectivity index (χ2n) is 7.09. The minimum absolute atomic E-state index is 0.0335. The molecule has 2 aliphatic heterocycles. The van der Waals surface area contributed by atoms with Crippen LogP contribution in [-0.4, -0.2) is 53.9 Å². The van der Waals surface area contributed by atoms with Crippen molar-refractivity contribution < 1.29 is 18.5 Å². The van der Waals surface area contributed by atoms with E-state index < -0.39 is 8.53 Å². The summed E-state index contributed by atoms with van der Waals surface area (Å²) in [5.41, 5.74) is -0.372. The van der Waals surface area contributed by atoms with E-state index in [1.807, 2.05) is 6.92 Å². The predicted octanol–water partition coefficient (Wildman–Crippen LogP) is 3.61. The molecule has 6 nitrogen and oxygen atoms in total. The van der Waals surface area contributed by atoms with Crippen LogP contribution >= 0.6 is 8.53 Å². The molecule has 0 aliphatic carbocycles. The zero-order valence-electron chi connectivity index (χ0n) is 15.7. The Bertz CT molecular complexity index is 448. The zero-order chi connectivity index (χ0) is 17.9. The lowest BCUT2D eigenvalue weighted by molar-refractivity contribution is -0.139. The Hall–Kier alpha value is -0.280. The van der Waals surface area contributed by atoms with Crippen LogP contribution < -0.4 is 0 Å². The van der Waals surface area contributed by atoms with Gasteiger partial charge in [-0.05, 0) is 41.0 Å². The highest BCUT2D eigenvalue weighted by atomic mass is 31.2. The number of nitriles is 1. The molecule has 5 atom stereocenters. The molecule has 0 radical (unpaired) electrons. The molecule has 2 rings (SSSR count). The summed E-state index contributed by atoms with van der Waals surface area (Å²) in [5, 5.41) is 8.81. The third-order valence-electron chi connectivity index (χ3n) is 4.68. The smallest absolute Gasteiger partial charge is 0.259 e. The van der Waals surface area contributed by atoms with Crippen molar-refractivity contribution in [3.05, 3.63) is 0 Å². The predicted molar refractivity (Wildman–Crippen MR) is 93.4 cm³/mol. The van der Waals surface area contributed by atoms with Gasteiger partial charge in [-0.2, -0.15) is 5.26 Å². The van der Waals surface area contributed by atoms with Gasteiger partial charge < -0.3 is 18.5 Å². The van der Waals surface area contributed by atoms with E-state index in [1.165, 1.54) is 0 Å². The Morgan fingerprint density at radius 2 is 2.00 bits per heavy atom. The van der Waals surface area contributed by atoms with Gasteiger partial charge in [0.1, 0.15) is 17.8 Å². The van der Waals surface area contributed by atoms with Gasteiger partial charge in [0, 0.05) is 12.1 Å². The standard InChI is InChI=1S/C17H31N2O4P/c1-7-17-11-20-15(14(6)22-17)16(17)23-24(21-10-8-9-18)19(12(2)3)13(4)5/h12-16H,7-8,10-11H2,1-6H3/t14-,15?,16+,17?,24?/m0/s1. The van der Waals surface area contributed by atoms with Crippen LogP contribution in [0, 0.1) is 11.3 Å². The highest BCUT2D eigenvalue weighted by molar-refractivity contribution is 7.44. The lowest BCUT2D eigenvalue weighted by Crippen LogP contribution is -2.42. The Morgan fingerprint density at radius 1 is 1.33 bits per heavy atom. The molecule has 2 aliphatic rings. The number of nitrogens with zero attached hydrogens (tertiary/aromatic N) is 2. The Morgan fingerprint density at radius 3 is 2.50 bits per heavy atom. The molecule has 0 spiro atoms. The van der Waals surface area contributed by atoms with Crippen molar-refractivity contribution in [2.45, 2.75) is 90.4 Å². The molecule has 2 saturated heterocycles. The quantitative estimate of drug-likeness (QED) is 0.463. The van der Waals surface area contributed by atoms with Gasteiger partial charge in [0.25, 0.3) is 8.53 Å². The molecule has 0 N–H and O–H groups in total. The van der Waals surface area contributed by atoms with E-state index in [0.29, 0.717) is 19.6 Å². The molecule has 0 aromatic heterocycles. The maximum atomic E-state index is 8.81. The molecule has 3 unspecified atom stereocenters. The number of ether oxygens (including phenoxy) is 2. The van der Waals surface area contributed by atoms with Gasteiger partial charge in [-0.15, -0.1) is 0 Å². The van der Waals surface area contributed by atoms with Crippen LogP contribution in [0.5, 0.6) is 0 Å². The fourth-order valence-electron chi connectivity index (χ4n) is 3.56. The van der Waals surface area contributed by atoms with E-state index in [0.717, 1.165) is 6.42 Å². The van der Waals surface area contributed by atoms with E-state index in [1.54, 1.807) is 0 Å². The third-order valence-corrected chi connectivity index (χ3v) is 6.80. The van der Waals surface area contributed by atoms with Crippen LogP contribution in [0.2, 0.25) is 0 Å². The SMILES string of the molecule is CCC12COC([C@H](C)O1)[C@H]2OP(OCCC#N)N(C(C)C)C(C)C. The molecule has 0 saturated carbocycles. The molecule has 138 valence electrons. The van der Waals surface area contributed by atoms with E-state index in [2.05, 4.69) is 45.4 Å². The van der Waals surface area contributed by atoms with E-state index in [9.17, 15) is 0 Å². The largest absolute Gasteiger partial charge is 0.370 e. The number of hydrogen-bond donors (Lipinski definition) is 0. The second kappa shape index (κ2) is 8.40. The van der Waals surface area contributed by atoms with Gasteiger partial charge in [0.05, 0.1) is 31.8 Å². The van der Waals surface area contributed by atoms with Gasteiger partial charge in [-0.25, -0.2) is 4.67 Å². The van der Waals surface area contributed by atoms with E-state index in [4.69, 9.17) is 23.8 Å². The lowest BCUT2D eigenvalue weighted by atomic mass is 9.96. The van der Waals surface area contributed by atoms with Gasteiger partial charge >= 0.3 is 0 Å². The molecule has 0 aromatic carbocycles. The number of hydrogen-bond acceptors (Lipinski definition) is 6. The average Bonchev–Trinajstić information content (AvgIpc) is 2.98. The highest BCUT2D eigenvalue weighted by Gasteiger charge is 2.61. The summed E-state index contributed by atoms with van der Waals surface area (Å²) in [5.74, 6) is 0. The topological polar surface area (TPSA) is 64.0 Å². The van der Waals surface area contributed by atoms with Crippen molar-refractivity contribution in [2.75, 3.05) is 13.2 Å². The summed E-state index contributed by atoms with van der Waals surface area (Å²) in [6.45, 7) is 13.7. The first-order chi connectivity index (χ1) is 11.4. The average molecular weight is 358 g/mol. The fourth-order valence-corrected chi connectivity index (χ4v) is 5.37. The molecule has 0 amide bonds. The second-order valence-corrected chi connectivity index (χ2v) is 8.50. The number of rotatable bonds is 9. The lowest BCUT2D eigenvalue weighted by Gasteiger charge is -2.38. The van der Waals surface area contributed by atoms with Crippen molar-refractivity contribution in [1.82, 2.24) is 4.67 Å². The zero-order valence-corrected chi connectivity index (χ0v) is 16.6. The molecule has 2 bridgehead atoms. The monoisotopic (exact) mass is 358 g/mol.